The molecule has 0 radical (unpaired) electrons. The zero-order valence-corrected chi connectivity index (χ0v) is 12.7. The van der Waals surface area contributed by atoms with E-state index in [9.17, 15) is 0 Å². The summed E-state index contributed by atoms with van der Waals surface area (Å²) in [5, 5.41) is 3.44. The van der Waals surface area contributed by atoms with Gasteiger partial charge in [-0.25, -0.2) is 0 Å². The minimum atomic E-state index is 0.288. The number of benzene rings is 1. The third-order valence-electron chi connectivity index (χ3n) is 3.80. The third kappa shape index (κ3) is 5.14. The molecule has 2 rings (SSSR count). The summed E-state index contributed by atoms with van der Waals surface area (Å²) >= 11 is 0. The molecular formula is C17H27NO2. The standard InChI is InChI=1S/C17H27NO2/c1-3-18-14(2)6-7-15-8-10-16(11-9-15)20-13-17-5-4-12-19-17/h8-11,14,17-18H,3-7,12-13H2,1-2H3. The van der Waals surface area contributed by atoms with Crippen molar-refractivity contribution in [3.8, 4) is 5.75 Å². The van der Waals surface area contributed by atoms with Gasteiger partial charge >= 0.3 is 0 Å². The lowest BCUT2D eigenvalue weighted by Gasteiger charge is -2.13. The van der Waals surface area contributed by atoms with Crippen molar-refractivity contribution in [2.75, 3.05) is 19.8 Å². The molecule has 3 heteroatoms. The largest absolute Gasteiger partial charge is 0.491 e. The first-order chi connectivity index (χ1) is 9.78. The molecule has 2 unspecified atom stereocenters. The van der Waals surface area contributed by atoms with E-state index in [4.69, 9.17) is 9.47 Å². The number of rotatable bonds is 8. The SMILES string of the molecule is CCNC(C)CCc1ccc(OCC2CCCO2)cc1. The second-order valence-corrected chi connectivity index (χ2v) is 5.59. The summed E-state index contributed by atoms with van der Waals surface area (Å²) < 4.78 is 11.3. The lowest BCUT2D eigenvalue weighted by molar-refractivity contribution is 0.0679. The topological polar surface area (TPSA) is 30.5 Å². The fourth-order valence-electron chi connectivity index (χ4n) is 2.55. The first kappa shape index (κ1) is 15.3. The Balaban J connectivity index is 1.71. The Labute approximate surface area is 122 Å². The Morgan fingerprint density at radius 3 is 2.80 bits per heavy atom. The van der Waals surface area contributed by atoms with E-state index in [0.29, 0.717) is 12.6 Å². The average molecular weight is 277 g/mol. The minimum Gasteiger partial charge on any atom is -0.491 e. The lowest BCUT2D eigenvalue weighted by Crippen LogP contribution is -2.25. The van der Waals surface area contributed by atoms with Crippen LogP contribution in [0.1, 0.15) is 38.7 Å². The van der Waals surface area contributed by atoms with Gasteiger partial charge < -0.3 is 14.8 Å². The monoisotopic (exact) mass is 277 g/mol. The van der Waals surface area contributed by atoms with E-state index < -0.39 is 0 Å². The smallest absolute Gasteiger partial charge is 0.119 e. The minimum absolute atomic E-state index is 0.288. The van der Waals surface area contributed by atoms with Gasteiger partial charge in [0.05, 0.1) is 6.10 Å². The molecule has 3 nitrogen and oxygen atoms in total. The molecule has 0 spiro atoms. The number of aryl methyl sites for hydroxylation is 1. The van der Waals surface area contributed by atoms with Crippen LogP contribution < -0.4 is 10.1 Å². The van der Waals surface area contributed by atoms with Crippen LogP contribution in [0.2, 0.25) is 0 Å². The second kappa shape index (κ2) is 8.28. The normalized spacial score (nSPS) is 20.0. The fraction of sp³-hybridized carbons (Fsp3) is 0.647. The maximum Gasteiger partial charge on any atom is 0.119 e. The van der Waals surface area contributed by atoms with Crippen LogP contribution in [-0.2, 0) is 11.2 Å². The summed E-state index contributed by atoms with van der Waals surface area (Å²) in [6.45, 7) is 6.99. The molecule has 0 aliphatic carbocycles. The highest BCUT2D eigenvalue weighted by Gasteiger charge is 2.15. The zero-order valence-electron chi connectivity index (χ0n) is 12.7. The van der Waals surface area contributed by atoms with E-state index in [1.807, 2.05) is 0 Å². The van der Waals surface area contributed by atoms with Crippen molar-refractivity contribution in [1.29, 1.82) is 0 Å². The van der Waals surface area contributed by atoms with Gasteiger partial charge in [0.2, 0.25) is 0 Å². The van der Waals surface area contributed by atoms with Crippen molar-refractivity contribution in [2.45, 2.75) is 51.7 Å². The lowest BCUT2D eigenvalue weighted by atomic mass is 10.1. The fourth-order valence-corrected chi connectivity index (χ4v) is 2.55. The van der Waals surface area contributed by atoms with Gasteiger partial charge in [0.15, 0.2) is 0 Å². The maximum atomic E-state index is 5.77. The average Bonchev–Trinajstić information content (AvgIpc) is 2.98. The first-order valence-electron chi connectivity index (χ1n) is 7.84. The van der Waals surface area contributed by atoms with Gasteiger partial charge in [-0.1, -0.05) is 19.1 Å². The van der Waals surface area contributed by atoms with Gasteiger partial charge in [0.1, 0.15) is 12.4 Å². The van der Waals surface area contributed by atoms with E-state index in [1.165, 1.54) is 12.0 Å². The molecule has 1 saturated heterocycles. The Kier molecular flexibility index (Phi) is 6.34. The maximum absolute atomic E-state index is 5.77. The van der Waals surface area contributed by atoms with Crippen molar-refractivity contribution in [3.63, 3.8) is 0 Å². The molecule has 1 aliphatic heterocycles. The van der Waals surface area contributed by atoms with Gasteiger partial charge in [-0.15, -0.1) is 0 Å². The summed E-state index contributed by atoms with van der Waals surface area (Å²) in [6.07, 6.45) is 4.86. The summed E-state index contributed by atoms with van der Waals surface area (Å²) in [5.74, 6) is 0.948. The molecule has 2 atom stereocenters. The van der Waals surface area contributed by atoms with E-state index in [-0.39, 0.29) is 6.10 Å². The Bertz CT molecular complexity index is 371. The van der Waals surface area contributed by atoms with E-state index in [2.05, 4.69) is 43.4 Å². The highest BCUT2D eigenvalue weighted by molar-refractivity contribution is 5.27. The van der Waals surface area contributed by atoms with Gasteiger partial charge in [0.25, 0.3) is 0 Å². The van der Waals surface area contributed by atoms with Gasteiger partial charge in [-0.2, -0.15) is 0 Å². The number of hydrogen-bond acceptors (Lipinski definition) is 3. The number of nitrogens with one attached hydrogen (secondary N) is 1. The molecule has 0 bridgehead atoms. The highest BCUT2D eigenvalue weighted by Crippen LogP contribution is 2.17. The van der Waals surface area contributed by atoms with Crippen molar-refractivity contribution in [3.05, 3.63) is 29.8 Å². The van der Waals surface area contributed by atoms with E-state index in [1.54, 1.807) is 0 Å². The zero-order chi connectivity index (χ0) is 14.2. The summed E-state index contributed by atoms with van der Waals surface area (Å²) in [4.78, 5) is 0. The van der Waals surface area contributed by atoms with Gasteiger partial charge in [-0.05, 0) is 56.8 Å². The van der Waals surface area contributed by atoms with Crippen molar-refractivity contribution in [2.24, 2.45) is 0 Å². The van der Waals surface area contributed by atoms with Gasteiger partial charge in [-0.3, -0.25) is 0 Å². The Morgan fingerprint density at radius 1 is 1.35 bits per heavy atom. The first-order valence-corrected chi connectivity index (χ1v) is 7.84. The molecule has 1 fully saturated rings. The molecule has 1 heterocycles. The summed E-state index contributed by atoms with van der Waals surface area (Å²) in [5.41, 5.74) is 1.37. The van der Waals surface area contributed by atoms with E-state index >= 15 is 0 Å². The van der Waals surface area contributed by atoms with Crippen LogP contribution in [0.15, 0.2) is 24.3 Å². The molecule has 1 aliphatic rings. The summed E-state index contributed by atoms with van der Waals surface area (Å²) in [7, 11) is 0. The molecule has 0 aromatic heterocycles. The molecule has 20 heavy (non-hydrogen) atoms. The quantitative estimate of drug-likeness (QED) is 0.791. The molecule has 0 saturated carbocycles. The van der Waals surface area contributed by atoms with Crippen molar-refractivity contribution in [1.82, 2.24) is 5.32 Å². The van der Waals surface area contributed by atoms with Crippen LogP contribution in [0.25, 0.3) is 0 Å². The predicted octanol–water partition coefficient (Wildman–Crippen LogP) is 3.18. The Hall–Kier alpha value is -1.06. The molecular weight excluding hydrogens is 250 g/mol. The van der Waals surface area contributed by atoms with Crippen LogP contribution >= 0.6 is 0 Å². The molecule has 1 aromatic carbocycles. The number of ether oxygens (including phenoxy) is 2. The predicted molar refractivity (Wildman–Crippen MR) is 82.4 cm³/mol. The van der Waals surface area contributed by atoms with Gasteiger partial charge in [0, 0.05) is 12.6 Å². The van der Waals surface area contributed by atoms with Crippen LogP contribution in [0.3, 0.4) is 0 Å². The Morgan fingerprint density at radius 2 is 2.15 bits per heavy atom. The third-order valence-corrected chi connectivity index (χ3v) is 3.80. The molecule has 112 valence electrons. The van der Waals surface area contributed by atoms with Crippen LogP contribution in [-0.4, -0.2) is 31.9 Å². The van der Waals surface area contributed by atoms with Crippen LogP contribution in [0.5, 0.6) is 5.75 Å². The molecule has 1 N–H and O–H groups in total. The van der Waals surface area contributed by atoms with Crippen molar-refractivity contribution < 1.29 is 9.47 Å². The highest BCUT2D eigenvalue weighted by atomic mass is 16.5. The molecule has 0 amide bonds. The van der Waals surface area contributed by atoms with Crippen LogP contribution in [0.4, 0.5) is 0 Å². The molecule has 1 aromatic rings. The van der Waals surface area contributed by atoms with Crippen LogP contribution in [0, 0.1) is 0 Å². The van der Waals surface area contributed by atoms with E-state index in [0.717, 1.165) is 38.2 Å². The second-order valence-electron chi connectivity index (χ2n) is 5.59. The van der Waals surface area contributed by atoms with Crippen molar-refractivity contribution >= 4 is 0 Å². The number of hydrogen-bond donors (Lipinski definition) is 1. The summed E-state index contributed by atoms with van der Waals surface area (Å²) in [6, 6.07) is 9.06.